The number of guanidine groups is 1. The molecule has 1 fully saturated rings. The summed E-state index contributed by atoms with van der Waals surface area (Å²) in [5.41, 5.74) is 1.16. The molecule has 1 aromatic carbocycles. The first-order valence-corrected chi connectivity index (χ1v) is 9.21. The third kappa shape index (κ3) is 5.67. The van der Waals surface area contributed by atoms with Gasteiger partial charge in [0.15, 0.2) is 17.5 Å². The maximum Gasteiger partial charge on any atom is 0.409 e. The van der Waals surface area contributed by atoms with Crippen LogP contribution in [0.5, 0.6) is 11.5 Å². The van der Waals surface area contributed by atoms with Gasteiger partial charge >= 0.3 is 6.09 Å². The molecular formula is C19H30N4O4. The average molecular weight is 378 g/mol. The molecule has 8 heteroatoms. The fourth-order valence-corrected chi connectivity index (χ4v) is 3.00. The third-order valence-electron chi connectivity index (χ3n) is 4.46. The first-order valence-electron chi connectivity index (χ1n) is 9.21. The Labute approximate surface area is 161 Å². The van der Waals surface area contributed by atoms with Crippen molar-refractivity contribution >= 4 is 12.1 Å². The zero-order valence-corrected chi connectivity index (χ0v) is 16.7. The van der Waals surface area contributed by atoms with Crippen molar-refractivity contribution in [2.24, 2.45) is 4.99 Å². The molecule has 1 saturated heterocycles. The van der Waals surface area contributed by atoms with E-state index in [1.54, 1.807) is 26.2 Å². The summed E-state index contributed by atoms with van der Waals surface area (Å²) in [4.78, 5) is 20.0. The fraction of sp³-hybridized carbons (Fsp3) is 0.579. The Balaban J connectivity index is 1.82. The maximum atomic E-state index is 11.8. The number of nitrogens with zero attached hydrogens (tertiary/aromatic N) is 3. The van der Waals surface area contributed by atoms with Crippen molar-refractivity contribution in [1.29, 1.82) is 0 Å². The molecule has 0 bridgehead atoms. The number of methoxy groups -OCH3 is 2. The summed E-state index contributed by atoms with van der Waals surface area (Å²) in [5, 5.41) is 3.39. The SMILES string of the molecule is CCOC(=O)N1CCN(C(=NC)NCCc2ccc(OC)c(OC)c2)CC1. The van der Waals surface area contributed by atoms with Gasteiger partial charge < -0.3 is 29.3 Å². The lowest BCUT2D eigenvalue weighted by molar-refractivity contribution is 0.0915. The molecule has 1 heterocycles. The number of carbonyl (C=O) groups excluding carboxylic acids is 1. The normalized spacial score (nSPS) is 14.7. The predicted molar refractivity (Wildman–Crippen MR) is 105 cm³/mol. The van der Waals surface area contributed by atoms with E-state index in [0.717, 1.165) is 49.1 Å². The average Bonchev–Trinajstić information content (AvgIpc) is 2.71. The fourth-order valence-electron chi connectivity index (χ4n) is 3.00. The van der Waals surface area contributed by atoms with Crippen LogP contribution in [0.4, 0.5) is 4.79 Å². The Morgan fingerprint density at radius 1 is 1.11 bits per heavy atom. The molecule has 1 aliphatic heterocycles. The minimum absolute atomic E-state index is 0.242. The molecule has 1 amide bonds. The van der Waals surface area contributed by atoms with Crippen LogP contribution in [-0.2, 0) is 11.2 Å². The van der Waals surface area contributed by atoms with Crippen molar-refractivity contribution in [2.45, 2.75) is 13.3 Å². The number of hydrogen-bond acceptors (Lipinski definition) is 5. The summed E-state index contributed by atoms with van der Waals surface area (Å²) in [7, 11) is 5.04. The molecule has 2 rings (SSSR count). The van der Waals surface area contributed by atoms with E-state index in [-0.39, 0.29) is 6.09 Å². The van der Waals surface area contributed by atoms with Gasteiger partial charge in [0.05, 0.1) is 20.8 Å². The van der Waals surface area contributed by atoms with Gasteiger partial charge in [0.2, 0.25) is 0 Å². The number of carbonyl (C=O) groups is 1. The van der Waals surface area contributed by atoms with E-state index in [0.29, 0.717) is 19.7 Å². The first kappa shape index (κ1) is 20.7. The third-order valence-corrected chi connectivity index (χ3v) is 4.46. The van der Waals surface area contributed by atoms with Gasteiger partial charge in [-0.25, -0.2) is 4.79 Å². The Morgan fingerprint density at radius 2 is 1.78 bits per heavy atom. The summed E-state index contributed by atoms with van der Waals surface area (Å²) < 4.78 is 15.7. The van der Waals surface area contributed by atoms with E-state index >= 15 is 0 Å². The lowest BCUT2D eigenvalue weighted by atomic mass is 10.1. The molecule has 1 aliphatic rings. The van der Waals surface area contributed by atoms with Crippen LogP contribution in [0, 0.1) is 0 Å². The largest absolute Gasteiger partial charge is 0.493 e. The van der Waals surface area contributed by atoms with Gasteiger partial charge in [-0.05, 0) is 31.0 Å². The molecule has 0 atom stereocenters. The minimum Gasteiger partial charge on any atom is -0.493 e. The van der Waals surface area contributed by atoms with Crippen LogP contribution in [0.1, 0.15) is 12.5 Å². The zero-order chi connectivity index (χ0) is 19.6. The van der Waals surface area contributed by atoms with Gasteiger partial charge in [-0.1, -0.05) is 6.07 Å². The van der Waals surface area contributed by atoms with Crippen molar-refractivity contribution < 1.29 is 19.0 Å². The second-order valence-electron chi connectivity index (χ2n) is 6.09. The number of hydrogen-bond donors (Lipinski definition) is 1. The lowest BCUT2D eigenvalue weighted by Gasteiger charge is -2.35. The zero-order valence-electron chi connectivity index (χ0n) is 16.7. The second kappa shape index (κ2) is 10.5. The van der Waals surface area contributed by atoms with E-state index in [4.69, 9.17) is 14.2 Å². The predicted octanol–water partition coefficient (Wildman–Crippen LogP) is 1.60. The molecule has 27 heavy (non-hydrogen) atoms. The second-order valence-corrected chi connectivity index (χ2v) is 6.09. The van der Waals surface area contributed by atoms with Gasteiger partial charge in [-0.3, -0.25) is 4.99 Å². The lowest BCUT2D eigenvalue weighted by Crippen LogP contribution is -2.54. The summed E-state index contributed by atoms with van der Waals surface area (Å²) in [6, 6.07) is 5.93. The molecule has 0 saturated carbocycles. The number of rotatable bonds is 6. The topological polar surface area (TPSA) is 75.6 Å². The summed E-state index contributed by atoms with van der Waals surface area (Å²) in [5.74, 6) is 2.30. The van der Waals surface area contributed by atoms with Crippen molar-refractivity contribution in [3.8, 4) is 11.5 Å². The van der Waals surface area contributed by atoms with Crippen molar-refractivity contribution in [3.63, 3.8) is 0 Å². The van der Waals surface area contributed by atoms with Crippen LogP contribution < -0.4 is 14.8 Å². The van der Waals surface area contributed by atoms with E-state index in [2.05, 4.69) is 15.2 Å². The number of nitrogens with one attached hydrogen (secondary N) is 1. The highest BCUT2D eigenvalue weighted by Gasteiger charge is 2.23. The standard InChI is InChI=1S/C19H30N4O4/c1-5-27-19(24)23-12-10-22(11-13-23)18(20-2)21-9-8-15-6-7-16(25-3)17(14-15)26-4/h6-7,14H,5,8-13H2,1-4H3,(H,20,21). The van der Waals surface area contributed by atoms with E-state index in [1.165, 1.54) is 0 Å². The summed E-state index contributed by atoms with van der Waals surface area (Å²) in [6.07, 6.45) is 0.593. The highest BCUT2D eigenvalue weighted by atomic mass is 16.6. The van der Waals surface area contributed by atoms with Gasteiger partial charge in [0.25, 0.3) is 0 Å². The van der Waals surface area contributed by atoms with Crippen LogP contribution in [-0.4, -0.2) is 82.5 Å². The molecular weight excluding hydrogens is 348 g/mol. The van der Waals surface area contributed by atoms with E-state index < -0.39 is 0 Å². The monoisotopic (exact) mass is 378 g/mol. The smallest absolute Gasteiger partial charge is 0.409 e. The molecule has 1 N–H and O–H groups in total. The molecule has 0 aliphatic carbocycles. The van der Waals surface area contributed by atoms with Gasteiger partial charge in [-0.2, -0.15) is 0 Å². The molecule has 8 nitrogen and oxygen atoms in total. The van der Waals surface area contributed by atoms with Crippen molar-refractivity contribution in [1.82, 2.24) is 15.1 Å². The number of ether oxygens (including phenoxy) is 3. The molecule has 150 valence electrons. The summed E-state index contributed by atoms with van der Waals surface area (Å²) in [6.45, 7) is 5.70. The highest BCUT2D eigenvalue weighted by molar-refractivity contribution is 5.80. The molecule has 0 spiro atoms. The molecule has 0 radical (unpaired) electrons. The Bertz CT molecular complexity index is 643. The van der Waals surface area contributed by atoms with Crippen LogP contribution in [0.3, 0.4) is 0 Å². The number of amides is 1. The Hall–Kier alpha value is -2.64. The van der Waals surface area contributed by atoms with Gasteiger partial charge in [-0.15, -0.1) is 0 Å². The number of aliphatic imine (C=N–C) groups is 1. The number of benzene rings is 1. The molecule has 0 unspecified atom stereocenters. The Kier molecular flexibility index (Phi) is 8.03. The van der Waals surface area contributed by atoms with Crippen molar-refractivity contribution in [2.75, 3.05) is 60.6 Å². The van der Waals surface area contributed by atoms with Crippen LogP contribution in [0.25, 0.3) is 0 Å². The van der Waals surface area contributed by atoms with Gasteiger partial charge in [0, 0.05) is 39.8 Å². The summed E-state index contributed by atoms with van der Waals surface area (Å²) >= 11 is 0. The maximum absolute atomic E-state index is 11.8. The van der Waals surface area contributed by atoms with Crippen LogP contribution in [0.2, 0.25) is 0 Å². The highest BCUT2D eigenvalue weighted by Crippen LogP contribution is 2.27. The van der Waals surface area contributed by atoms with E-state index in [1.807, 2.05) is 25.1 Å². The van der Waals surface area contributed by atoms with Crippen molar-refractivity contribution in [3.05, 3.63) is 23.8 Å². The number of piperazine rings is 1. The Morgan fingerprint density at radius 3 is 2.37 bits per heavy atom. The van der Waals surface area contributed by atoms with Crippen LogP contribution in [0.15, 0.2) is 23.2 Å². The molecule has 1 aromatic rings. The molecule has 0 aromatic heterocycles. The van der Waals surface area contributed by atoms with Crippen LogP contribution >= 0.6 is 0 Å². The quantitative estimate of drug-likeness (QED) is 0.599. The van der Waals surface area contributed by atoms with Gasteiger partial charge in [0.1, 0.15) is 0 Å². The van der Waals surface area contributed by atoms with E-state index in [9.17, 15) is 4.79 Å². The minimum atomic E-state index is -0.242. The first-order chi connectivity index (χ1) is 13.1.